The summed E-state index contributed by atoms with van der Waals surface area (Å²) in [4.78, 5) is 27.8. The molecule has 2 fully saturated rings. The fourth-order valence-corrected chi connectivity index (χ4v) is 3.42. The summed E-state index contributed by atoms with van der Waals surface area (Å²) >= 11 is 0. The molecule has 7 nitrogen and oxygen atoms in total. The highest BCUT2D eigenvalue weighted by molar-refractivity contribution is 5.95. The first-order valence-corrected chi connectivity index (χ1v) is 9.14. The van der Waals surface area contributed by atoms with Gasteiger partial charge in [0.05, 0.1) is 11.3 Å². The SMILES string of the molecule is Cc1nc(N(C)C)ncc1C(=O)N1CCN(CC2CC2)[C@H](CCO)C1. The van der Waals surface area contributed by atoms with Gasteiger partial charge in [0.25, 0.3) is 5.91 Å². The first kappa shape index (κ1) is 18.1. The maximum atomic E-state index is 12.9. The Morgan fingerprint density at radius 1 is 1.36 bits per heavy atom. The molecular formula is C18H29N5O2. The lowest BCUT2D eigenvalue weighted by molar-refractivity contribution is 0.0406. The number of aliphatic hydroxyl groups excluding tert-OH is 1. The number of aryl methyl sites for hydroxylation is 1. The lowest BCUT2D eigenvalue weighted by Gasteiger charge is -2.41. The van der Waals surface area contributed by atoms with Crippen LogP contribution in [0.3, 0.4) is 0 Å². The van der Waals surface area contributed by atoms with Crippen LogP contribution in [0.2, 0.25) is 0 Å². The molecule has 2 aliphatic rings. The maximum Gasteiger partial charge on any atom is 0.257 e. The van der Waals surface area contributed by atoms with E-state index in [4.69, 9.17) is 0 Å². The standard InChI is InChI=1S/C18H29N5O2/c1-13-16(10-19-18(20-13)21(2)3)17(25)23-8-7-22(11-14-4-5-14)15(12-23)6-9-24/h10,14-15,24H,4-9,11-12H2,1-3H3/t15-/m1/s1. The normalized spacial score (nSPS) is 21.4. The van der Waals surface area contributed by atoms with Crippen LogP contribution >= 0.6 is 0 Å². The predicted molar refractivity (Wildman–Crippen MR) is 96.8 cm³/mol. The molecule has 1 aliphatic carbocycles. The molecule has 1 saturated carbocycles. The number of rotatable bonds is 6. The van der Waals surface area contributed by atoms with Crippen molar-refractivity contribution in [1.82, 2.24) is 19.8 Å². The van der Waals surface area contributed by atoms with E-state index < -0.39 is 0 Å². The Hall–Kier alpha value is -1.73. The van der Waals surface area contributed by atoms with Crippen molar-refractivity contribution in [3.8, 4) is 0 Å². The topological polar surface area (TPSA) is 72.8 Å². The number of carbonyl (C=O) groups excluding carboxylic acids is 1. The van der Waals surface area contributed by atoms with E-state index in [0.29, 0.717) is 30.2 Å². The minimum Gasteiger partial charge on any atom is -0.396 e. The number of amides is 1. The molecule has 0 radical (unpaired) electrons. The smallest absolute Gasteiger partial charge is 0.257 e. The number of hydrogen-bond acceptors (Lipinski definition) is 6. The third kappa shape index (κ3) is 4.27. The summed E-state index contributed by atoms with van der Waals surface area (Å²) in [7, 11) is 3.77. The third-order valence-corrected chi connectivity index (χ3v) is 5.14. The number of aromatic nitrogens is 2. The maximum absolute atomic E-state index is 12.9. The van der Waals surface area contributed by atoms with Crippen molar-refractivity contribution in [3.63, 3.8) is 0 Å². The number of anilines is 1. The van der Waals surface area contributed by atoms with Gasteiger partial charge in [-0.3, -0.25) is 9.69 Å². The fourth-order valence-electron chi connectivity index (χ4n) is 3.42. The molecule has 0 unspecified atom stereocenters. The second-order valence-electron chi connectivity index (χ2n) is 7.42. The van der Waals surface area contributed by atoms with Crippen molar-refractivity contribution in [3.05, 3.63) is 17.5 Å². The van der Waals surface area contributed by atoms with Gasteiger partial charge in [-0.2, -0.15) is 0 Å². The third-order valence-electron chi connectivity index (χ3n) is 5.14. The molecule has 1 N–H and O–H groups in total. The Morgan fingerprint density at radius 2 is 2.12 bits per heavy atom. The fraction of sp³-hybridized carbons (Fsp3) is 0.722. The number of aliphatic hydroxyl groups is 1. The van der Waals surface area contributed by atoms with Gasteiger partial charge in [-0.15, -0.1) is 0 Å². The molecule has 1 aromatic rings. The van der Waals surface area contributed by atoms with Gasteiger partial charge in [-0.1, -0.05) is 0 Å². The molecule has 1 atom stereocenters. The van der Waals surface area contributed by atoms with Crippen LogP contribution in [0.25, 0.3) is 0 Å². The van der Waals surface area contributed by atoms with Gasteiger partial charge in [0.15, 0.2) is 0 Å². The quantitative estimate of drug-likeness (QED) is 0.819. The van der Waals surface area contributed by atoms with Gasteiger partial charge in [-0.25, -0.2) is 9.97 Å². The summed E-state index contributed by atoms with van der Waals surface area (Å²) < 4.78 is 0. The number of nitrogens with zero attached hydrogens (tertiary/aromatic N) is 5. The van der Waals surface area contributed by atoms with E-state index in [1.165, 1.54) is 12.8 Å². The number of piperazine rings is 1. The second kappa shape index (κ2) is 7.66. The van der Waals surface area contributed by atoms with E-state index in [9.17, 15) is 9.90 Å². The highest BCUT2D eigenvalue weighted by Crippen LogP contribution is 2.31. The first-order chi connectivity index (χ1) is 12.0. The minimum atomic E-state index is -0.00295. The van der Waals surface area contributed by atoms with Crippen LogP contribution in [0.1, 0.15) is 35.3 Å². The van der Waals surface area contributed by atoms with Gasteiger partial charge >= 0.3 is 0 Å². The van der Waals surface area contributed by atoms with Crippen molar-refractivity contribution in [2.45, 2.75) is 32.2 Å². The monoisotopic (exact) mass is 347 g/mol. The molecule has 1 aliphatic heterocycles. The van der Waals surface area contributed by atoms with E-state index in [2.05, 4.69) is 14.9 Å². The van der Waals surface area contributed by atoms with Crippen LogP contribution in [0, 0.1) is 12.8 Å². The Balaban J connectivity index is 1.69. The number of carbonyl (C=O) groups is 1. The van der Waals surface area contributed by atoms with Crippen molar-refractivity contribution in [2.75, 3.05) is 51.8 Å². The number of hydrogen-bond donors (Lipinski definition) is 1. The summed E-state index contributed by atoms with van der Waals surface area (Å²) in [6, 6.07) is 0.241. The van der Waals surface area contributed by atoms with Crippen LogP contribution in [0.5, 0.6) is 0 Å². The van der Waals surface area contributed by atoms with Gasteiger partial charge in [0, 0.05) is 59.1 Å². The van der Waals surface area contributed by atoms with Crippen LogP contribution in [0.4, 0.5) is 5.95 Å². The average molecular weight is 347 g/mol. The van der Waals surface area contributed by atoms with Crippen LogP contribution in [0.15, 0.2) is 6.20 Å². The first-order valence-electron chi connectivity index (χ1n) is 9.14. The van der Waals surface area contributed by atoms with E-state index in [0.717, 1.165) is 25.6 Å². The van der Waals surface area contributed by atoms with Crippen molar-refractivity contribution in [2.24, 2.45) is 5.92 Å². The molecule has 25 heavy (non-hydrogen) atoms. The van der Waals surface area contributed by atoms with Crippen LogP contribution in [-0.4, -0.2) is 83.7 Å². The molecule has 1 saturated heterocycles. The zero-order valence-electron chi connectivity index (χ0n) is 15.5. The predicted octanol–water partition coefficient (Wildman–Crippen LogP) is 0.770. The second-order valence-corrected chi connectivity index (χ2v) is 7.42. The summed E-state index contributed by atoms with van der Waals surface area (Å²) in [5.41, 5.74) is 1.28. The van der Waals surface area contributed by atoms with E-state index in [-0.39, 0.29) is 18.6 Å². The average Bonchev–Trinajstić information content (AvgIpc) is 3.40. The minimum absolute atomic E-state index is 0.00295. The Bertz CT molecular complexity index is 617. The van der Waals surface area contributed by atoms with Crippen molar-refractivity contribution >= 4 is 11.9 Å². The summed E-state index contributed by atoms with van der Waals surface area (Å²) in [6.07, 6.45) is 4.99. The molecule has 0 spiro atoms. The van der Waals surface area contributed by atoms with Gasteiger partial charge in [0.2, 0.25) is 5.95 Å². The highest BCUT2D eigenvalue weighted by atomic mass is 16.3. The summed E-state index contributed by atoms with van der Waals surface area (Å²) in [6.45, 7) is 5.39. The summed E-state index contributed by atoms with van der Waals surface area (Å²) in [5, 5.41) is 9.40. The molecule has 1 amide bonds. The van der Waals surface area contributed by atoms with Crippen LogP contribution in [-0.2, 0) is 0 Å². The molecule has 3 rings (SSSR count). The largest absolute Gasteiger partial charge is 0.396 e. The van der Waals surface area contributed by atoms with Gasteiger partial charge in [-0.05, 0) is 32.1 Å². The lowest BCUT2D eigenvalue weighted by atomic mass is 10.1. The molecule has 0 aromatic carbocycles. The molecule has 138 valence electrons. The zero-order valence-corrected chi connectivity index (χ0v) is 15.5. The van der Waals surface area contributed by atoms with Gasteiger partial charge < -0.3 is 14.9 Å². The van der Waals surface area contributed by atoms with Gasteiger partial charge in [0.1, 0.15) is 0 Å². The Kier molecular flexibility index (Phi) is 5.54. The van der Waals surface area contributed by atoms with Crippen molar-refractivity contribution in [1.29, 1.82) is 0 Å². The molecule has 0 bridgehead atoms. The Morgan fingerprint density at radius 3 is 2.72 bits per heavy atom. The van der Waals surface area contributed by atoms with E-state index >= 15 is 0 Å². The summed E-state index contributed by atoms with van der Waals surface area (Å²) in [5.74, 6) is 1.43. The van der Waals surface area contributed by atoms with Crippen molar-refractivity contribution < 1.29 is 9.90 Å². The van der Waals surface area contributed by atoms with E-state index in [1.54, 1.807) is 6.20 Å². The lowest BCUT2D eigenvalue weighted by Crippen LogP contribution is -2.55. The zero-order chi connectivity index (χ0) is 18.0. The molecule has 7 heteroatoms. The molecule has 1 aromatic heterocycles. The highest BCUT2D eigenvalue weighted by Gasteiger charge is 2.33. The van der Waals surface area contributed by atoms with Crippen LogP contribution < -0.4 is 4.90 Å². The Labute approximate surface area is 149 Å². The molecular weight excluding hydrogens is 318 g/mol. The van der Waals surface area contributed by atoms with E-state index in [1.807, 2.05) is 30.8 Å². The molecule has 2 heterocycles.